The van der Waals surface area contributed by atoms with E-state index >= 15 is 0 Å². The van der Waals surface area contributed by atoms with Crippen molar-refractivity contribution in [2.45, 2.75) is 58.3 Å². The number of aryl methyl sites for hydroxylation is 1. The van der Waals surface area contributed by atoms with Gasteiger partial charge in [0.15, 0.2) is 0 Å². The summed E-state index contributed by atoms with van der Waals surface area (Å²) in [6.07, 6.45) is 5.34. The van der Waals surface area contributed by atoms with Crippen molar-refractivity contribution >= 4 is 34.5 Å². The fourth-order valence-electron chi connectivity index (χ4n) is 6.46. The fraction of sp³-hybridized carbons (Fsp3) is 0.643. The van der Waals surface area contributed by atoms with Gasteiger partial charge in [-0.25, -0.2) is 4.79 Å². The van der Waals surface area contributed by atoms with Crippen molar-refractivity contribution in [3.63, 3.8) is 0 Å². The van der Waals surface area contributed by atoms with Gasteiger partial charge >= 0.3 is 6.09 Å². The lowest BCUT2D eigenvalue weighted by Gasteiger charge is -2.40. The van der Waals surface area contributed by atoms with Crippen molar-refractivity contribution in [2.75, 3.05) is 37.7 Å². The van der Waals surface area contributed by atoms with E-state index in [1.807, 2.05) is 23.6 Å². The highest BCUT2D eigenvalue weighted by molar-refractivity contribution is 6.02. The van der Waals surface area contributed by atoms with Crippen molar-refractivity contribution in [2.24, 2.45) is 24.8 Å². The van der Waals surface area contributed by atoms with E-state index in [1.165, 1.54) is 24.9 Å². The molecular weight excluding hydrogens is 470 g/mol. The van der Waals surface area contributed by atoms with Gasteiger partial charge in [0.1, 0.15) is 0 Å². The molecule has 1 aromatic heterocycles. The third kappa shape index (κ3) is 5.31. The Bertz CT molecular complexity index is 1170. The lowest BCUT2D eigenvalue weighted by atomic mass is 9.78. The summed E-state index contributed by atoms with van der Waals surface area (Å²) in [5, 5.41) is 8.12. The molecule has 3 amide bonds. The zero-order chi connectivity index (χ0) is 26.1. The topological polar surface area (TPSA) is 96.8 Å². The molecule has 3 aliphatic rings. The van der Waals surface area contributed by atoms with Crippen molar-refractivity contribution in [1.29, 1.82) is 0 Å². The molecule has 9 nitrogen and oxygen atoms in total. The standard InChI is InChI=1S/C28H39N5O4/c1-4-37-28(36)33-14-11-20(18(2)17-33)15-19-9-12-32(13-10-19)21-5-6-22-24(16-21)31(3)30-26(22)23-7-8-25(34)29-27(23)35/h5-6,16,18-20,23H,4,7-15,17H2,1-3H3,(H,29,34,35)/t18-,20+,23?/m1/s1. The van der Waals surface area contributed by atoms with Gasteiger partial charge in [-0.05, 0) is 75.0 Å². The van der Waals surface area contributed by atoms with Gasteiger partial charge in [0.05, 0.1) is 23.7 Å². The van der Waals surface area contributed by atoms with Gasteiger partial charge in [-0.15, -0.1) is 0 Å². The Morgan fingerprint density at radius 3 is 2.62 bits per heavy atom. The summed E-state index contributed by atoms with van der Waals surface area (Å²) in [4.78, 5) is 40.4. The van der Waals surface area contributed by atoms with Gasteiger partial charge in [0.25, 0.3) is 0 Å². The van der Waals surface area contributed by atoms with Gasteiger partial charge < -0.3 is 14.5 Å². The highest BCUT2D eigenvalue weighted by atomic mass is 16.6. The van der Waals surface area contributed by atoms with Crippen LogP contribution in [-0.4, -0.2) is 65.4 Å². The Balaban J connectivity index is 1.18. The Hall–Kier alpha value is -3.10. The predicted octanol–water partition coefficient (Wildman–Crippen LogP) is 3.81. The molecule has 3 fully saturated rings. The smallest absolute Gasteiger partial charge is 0.409 e. The predicted molar refractivity (Wildman–Crippen MR) is 141 cm³/mol. The lowest BCUT2D eigenvalue weighted by Crippen LogP contribution is -2.44. The number of anilines is 1. The van der Waals surface area contributed by atoms with Crippen molar-refractivity contribution < 1.29 is 19.1 Å². The molecule has 3 aliphatic heterocycles. The summed E-state index contributed by atoms with van der Waals surface area (Å²) in [5.41, 5.74) is 2.97. The van der Waals surface area contributed by atoms with Crippen LogP contribution in [0.25, 0.3) is 10.9 Å². The first kappa shape index (κ1) is 25.5. The number of benzene rings is 1. The molecule has 3 saturated heterocycles. The number of nitrogens with one attached hydrogen (secondary N) is 1. The number of nitrogens with zero attached hydrogens (tertiary/aromatic N) is 4. The maximum absolute atomic E-state index is 12.4. The summed E-state index contributed by atoms with van der Waals surface area (Å²) >= 11 is 0. The monoisotopic (exact) mass is 509 g/mol. The summed E-state index contributed by atoms with van der Waals surface area (Å²) in [7, 11) is 1.92. The number of likely N-dealkylation sites (tertiary alicyclic amines) is 1. The third-order valence-electron chi connectivity index (χ3n) is 8.66. The van der Waals surface area contributed by atoms with Crippen LogP contribution in [0, 0.1) is 17.8 Å². The number of aromatic nitrogens is 2. The number of ether oxygens (including phenoxy) is 1. The van der Waals surface area contributed by atoms with E-state index < -0.39 is 0 Å². The molecule has 1 unspecified atom stereocenters. The van der Waals surface area contributed by atoms with Crippen LogP contribution in [0.15, 0.2) is 18.2 Å². The summed E-state index contributed by atoms with van der Waals surface area (Å²) in [6, 6.07) is 6.42. The van der Waals surface area contributed by atoms with Gasteiger partial charge in [-0.3, -0.25) is 19.6 Å². The quantitative estimate of drug-likeness (QED) is 0.616. The first-order valence-corrected chi connectivity index (χ1v) is 13.8. The van der Waals surface area contributed by atoms with E-state index in [0.717, 1.165) is 55.1 Å². The number of fused-ring (bicyclic) bond motifs is 1. The maximum atomic E-state index is 12.4. The Morgan fingerprint density at radius 1 is 1.14 bits per heavy atom. The maximum Gasteiger partial charge on any atom is 0.409 e. The third-order valence-corrected chi connectivity index (χ3v) is 8.66. The van der Waals surface area contributed by atoms with Crippen LogP contribution in [0.1, 0.15) is 64.0 Å². The van der Waals surface area contributed by atoms with Gasteiger partial charge in [-0.2, -0.15) is 5.10 Å². The SMILES string of the molecule is CCOC(=O)N1CC[C@@H](CC2CCN(c3ccc4c(C5CCC(=O)NC5=O)nn(C)c4c3)CC2)[C@H](C)C1. The average molecular weight is 510 g/mol. The Labute approximate surface area is 218 Å². The Morgan fingerprint density at radius 2 is 1.92 bits per heavy atom. The number of imide groups is 1. The molecule has 3 atom stereocenters. The normalized spacial score (nSPS) is 25.4. The molecule has 0 saturated carbocycles. The van der Waals surface area contributed by atoms with E-state index in [2.05, 4.69) is 40.4 Å². The second-order valence-electron chi connectivity index (χ2n) is 11.1. The second kappa shape index (κ2) is 10.7. The second-order valence-corrected chi connectivity index (χ2v) is 11.1. The molecule has 0 radical (unpaired) electrons. The van der Waals surface area contributed by atoms with Gasteiger partial charge in [0.2, 0.25) is 11.8 Å². The molecular formula is C28H39N5O4. The molecule has 0 bridgehead atoms. The minimum Gasteiger partial charge on any atom is -0.450 e. The molecule has 1 aromatic carbocycles. The zero-order valence-electron chi connectivity index (χ0n) is 22.2. The van der Waals surface area contributed by atoms with E-state index in [-0.39, 0.29) is 23.8 Å². The molecule has 0 aliphatic carbocycles. The summed E-state index contributed by atoms with van der Waals surface area (Å²) in [6.45, 7) is 8.23. The highest BCUT2D eigenvalue weighted by Crippen LogP contribution is 2.36. The number of carbonyl (C=O) groups is 3. The number of carbonyl (C=O) groups excluding carboxylic acids is 3. The minimum absolute atomic E-state index is 0.171. The minimum atomic E-state index is -0.380. The van der Waals surface area contributed by atoms with E-state index in [9.17, 15) is 14.4 Å². The fourth-order valence-corrected chi connectivity index (χ4v) is 6.46. The average Bonchev–Trinajstić information content (AvgIpc) is 3.21. The number of hydrogen-bond acceptors (Lipinski definition) is 6. The molecule has 2 aromatic rings. The Kier molecular flexibility index (Phi) is 7.40. The van der Waals surface area contributed by atoms with E-state index in [4.69, 9.17) is 4.74 Å². The van der Waals surface area contributed by atoms with Gasteiger partial charge in [-0.1, -0.05) is 6.92 Å². The first-order valence-electron chi connectivity index (χ1n) is 13.8. The van der Waals surface area contributed by atoms with Crippen LogP contribution in [0.3, 0.4) is 0 Å². The molecule has 5 rings (SSSR count). The van der Waals surface area contributed by atoms with Gasteiger partial charge in [0, 0.05) is 50.7 Å². The van der Waals surface area contributed by atoms with Crippen LogP contribution in [-0.2, 0) is 21.4 Å². The van der Waals surface area contributed by atoms with Crippen LogP contribution in [0.2, 0.25) is 0 Å². The molecule has 0 spiro atoms. The summed E-state index contributed by atoms with van der Waals surface area (Å²) < 4.78 is 7.05. The number of hydrogen-bond donors (Lipinski definition) is 1. The molecule has 9 heteroatoms. The van der Waals surface area contributed by atoms with Crippen molar-refractivity contribution in [3.8, 4) is 0 Å². The largest absolute Gasteiger partial charge is 0.450 e. The summed E-state index contributed by atoms with van der Waals surface area (Å²) in [5.74, 6) is 1.06. The number of amides is 3. The van der Waals surface area contributed by atoms with Crippen LogP contribution >= 0.6 is 0 Å². The molecule has 1 N–H and O–H groups in total. The first-order chi connectivity index (χ1) is 17.8. The van der Waals surface area contributed by atoms with Crippen LogP contribution in [0.4, 0.5) is 10.5 Å². The molecule has 200 valence electrons. The van der Waals surface area contributed by atoms with E-state index in [1.54, 1.807) is 0 Å². The number of piperidine rings is 3. The number of rotatable bonds is 5. The molecule has 4 heterocycles. The molecule has 37 heavy (non-hydrogen) atoms. The zero-order valence-corrected chi connectivity index (χ0v) is 22.2. The van der Waals surface area contributed by atoms with Crippen molar-refractivity contribution in [1.82, 2.24) is 20.0 Å². The lowest BCUT2D eigenvalue weighted by molar-refractivity contribution is -0.134. The van der Waals surface area contributed by atoms with Crippen LogP contribution < -0.4 is 10.2 Å². The van der Waals surface area contributed by atoms with Crippen LogP contribution in [0.5, 0.6) is 0 Å². The van der Waals surface area contributed by atoms with E-state index in [0.29, 0.717) is 31.3 Å². The van der Waals surface area contributed by atoms with Crippen molar-refractivity contribution in [3.05, 3.63) is 23.9 Å². The highest BCUT2D eigenvalue weighted by Gasteiger charge is 2.33.